The van der Waals surface area contributed by atoms with Crippen LogP contribution >= 0.6 is 11.6 Å². The fraction of sp³-hybridized carbons (Fsp3) is 0.250. The molecule has 16 heavy (non-hydrogen) atoms. The van der Waals surface area contributed by atoms with Crippen molar-refractivity contribution < 1.29 is 14.3 Å². The average molecular weight is 239 g/mol. The molecule has 0 aliphatic carbocycles. The fourth-order valence-corrected chi connectivity index (χ4v) is 1.58. The summed E-state index contributed by atoms with van der Waals surface area (Å²) in [6.45, 7) is 0.656. The Kier molecular flexibility index (Phi) is 3.47. The molecule has 0 saturated heterocycles. The molecule has 4 heteroatoms. The summed E-state index contributed by atoms with van der Waals surface area (Å²) >= 11 is 5.88. The summed E-state index contributed by atoms with van der Waals surface area (Å²) in [5.41, 5.74) is 0.547. The van der Waals surface area contributed by atoms with E-state index in [1.807, 2.05) is 0 Å². The van der Waals surface area contributed by atoms with Gasteiger partial charge in [0.2, 0.25) is 0 Å². The molecule has 3 nitrogen and oxygen atoms in total. The molecule has 0 saturated carbocycles. The standard InChI is InChI=1S/C12H11ClO3/c13-10-5-1-2-6-11(10)16-12(14)9-4-3-7-15-8-9/h1-2,5-6,8H,3-4,7H2. The van der Waals surface area contributed by atoms with Crippen LogP contribution in [0, 0.1) is 0 Å². The predicted octanol–water partition coefficient (Wildman–Crippen LogP) is 2.94. The number of benzene rings is 1. The third kappa shape index (κ3) is 2.55. The number of carbonyl (C=O) groups excluding carboxylic acids is 1. The summed E-state index contributed by atoms with van der Waals surface area (Å²) < 4.78 is 10.2. The van der Waals surface area contributed by atoms with Gasteiger partial charge in [-0.1, -0.05) is 23.7 Å². The molecule has 2 rings (SSSR count). The number of hydrogen-bond acceptors (Lipinski definition) is 3. The minimum atomic E-state index is -0.396. The highest BCUT2D eigenvalue weighted by Gasteiger charge is 2.16. The van der Waals surface area contributed by atoms with E-state index < -0.39 is 5.97 Å². The Hall–Kier alpha value is -1.48. The first kappa shape index (κ1) is 11.0. The molecular formula is C12H11ClO3. The highest BCUT2D eigenvalue weighted by Crippen LogP contribution is 2.25. The lowest BCUT2D eigenvalue weighted by molar-refractivity contribution is -0.130. The summed E-state index contributed by atoms with van der Waals surface area (Å²) in [6.07, 6.45) is 2.98. The molecule has 84 valence electrons. The lowest BCUT2D eigenvalue weighted by Crippen LogP contribution is -2.15. The lowest BCUT2D eigenvalue weighted by Gasteiger charge is -2.13. The minimum Gasteiger partial charge on any atom is -0.501 e. The van der Waals surface area contributed by atoms with Crippen molar-refractivity contribution in [3.63, 3.8) is 0 Å². The quantitative estimate of drug-likeness (QED) is 0.587. The van der Waals surface area contributed by atoms with Crippen LogP contribution in [0.3, 0.4) is 0 Å². The molecule has 1 heterocycles. The van der Waals surface area contributed by atoms with Crippen LogP contribution in [-0.4, -0.2) is 12.6 Å². The van der Waals surface area contributed by atoms with E-state index in [9.17, 15) is 4.79 Å². The van der Waals surface area contributed by atoms with Crippen molar-refractivity contribution in [2.24, 2.45) is 0 Å². The van der Waals surface area contributed by atoms with E-state index in [2.05, 4.69) is 0 Å². The summed E-state index contributed by atoms with van der Waals surface area (Å²) in [5, 5.41) is 0.424. The van der Waals surface area contributed by atoms with Crippen LogP contribution in [-0.2, 0) is 9.53 Å². The lowest BCUT2D eigenvalue weighted by atomic mass is 10.1. The molecule has 0 aromatic heterocycles. The third-order valence-corrected chi connectivity index (χ3v) is 2.55. The summed E-state index contributed by atoms with van der Waals surface area (Å²) in [6, 6.07) is 6.88. The largest absolute Gasteiger partial charge is 0.501 e. The van der Waals surface area contributed by atoms with Gasteiger partial charge in [0.25, 0.3) is 0 Å². The number of ether oxygens (including phenoxy) is 2. The van der Waals surface area contributed by atoms with Crippen molar-refractivity contribution in [2.75, 3.05) is 6.61 Å². The maximum atomic E-state index is 11.7. The Labute approximate surface area is 98.6 Å². The van der Waals surface area contributed by atoms with E-state index in [4.69, 9.17) is 21.1 Å². The van der Waals surface area contributed by atoms with Crippen LogP contribution in [0.4, 0.5) is 0 Å². The monoisotopic (exact) mass is 238 g/mol. The van der Waals surface area contributed by atoms with Crippen molar-refractivity contribution in [1.82, 2.24) is 0 Å². The van der Waals surface area contributed by atoms with Crippen LogP contribution in [0.25, 0.3) is 0 Å². The van der Waals surface area contributed by atoms with Gasteiger partial charge in [-0.3, -0.25) is 0 Å². The fourth-order valence-electron chi connectivity index (χ4n) is 1.41. The van der Waals surface area contributed by atoms with Crippen molar-refractivity contribution in [3.8, 4) is 5.75 Å². The third-order valence-electron chi connectivity index (χ3n) is 2.24. The molecule has 1 aliphatic heterocycles. The highest BCUT2D eigenvalue weighted by atomic mass is 35.5. The molecule has 0 amide bonds. The van der Waals surface area contributed by atoms with E-state index in [0.29, 0.717) is 29.4 Å². The number of halogens is 1. The first-order valence-corrected chi connectivity index (χ1v) is 5.42. The van der Waals surface area contributed by atoms with Crippen LogP contribution in [0.2, 0.25) is 5.02 Å². The SMILES string of the molecule is O=C(Oc1ccccc1Cl)C1=COCCC1. The number of hydrogen-bond donors (Lipinski definition) is 0. The molecule has 1 aliphatic rings. The van der Waals surface area contributed by atoms with Gasteiger partial charge in [0.1, 0.15) is 5.75 Å². The van der Waals surface area contributed by atoms with Gasteiger partial charge in [-0.05, 0) is 25.0 Å². The van der Waals surface area contributed by atoms with E-state index in [1.54, 1.807) is 24.3 Å². The molecule has 0 unspecified atom stereocenters. The Morgan fingerprint density at radius 3 is 2.88 bits per heavy atom. The van der Waals surface area contributed by atoms with Crippen LogP contribution in [0.1, 0.15) is 12.8 Å². The maximum absolute atomic E-state index is 11.7. The van der Waals surface area contributed by atoms with Gasteiger partial charge >= 0.3 is 5.97 Å². The normalized spacial score (nSPS) is 14.9. The van der Waals surface area contributed by atoms with E-state index >= 15 is 0 Å². The topological polar surface area (TPSA) is 35.5 Å². The van der Waals surface area contributed by atoms with Crippen molar-refractivity contribution in [2.45, 2.75) is 12.8 Å². The summed E-state index contributed by atoms with van der Waals surface area (Å²) in [4.78, 5) is 11.7. The molecule has 1 aromatic rings. The molecule has 0 radical (unpaired) electrons. The number of esters is 1. The predicted molar refractivity (Wildman–Crippen MR) is 60.4 cm³/mol. The van der Waals surface area contributed by atoms with Gasteiger partial charge in [-0.15, -0.1) is 0 Å². The molecule has 0 atom stereocenters. The first-order valence-electron chi connectivity index (χ1n) is 5.05. The molecule has 0 bridgehead atoms. The maximum Gasteiger partial charge on any atom is 0.342 e. The highest BCUT2D eigenvalue weighted by molar-refractivity contribution is 6.32. The number of para-hydroxylation sites is 1. The zero-order valence-electron chi connectivity index (χ0n) is 8.61. The van der Waals surface area contributed by atoms with Crippen LogP contribution in [0.15, 0.2) is 36.1 Å². The second-order valence-electron chi connectivity index (χ2n) is 3.44. The Morgan fingerprint density at radius 2 is 2.19 bits per heavy atom. The van der Waals surface area contributed by atoms with Crippen molar-refractivity contribution >= 4 is 17.6 Å². The van der Waals surface area contributed by atoms with E-state index in [0.717, 1.165) is 6.42 Å². The van der Waals surface area contributed by atoms with E-state index in [-0.39, 0.29) is 0 Å². The van der Waals surface area contributed by atoms with Gasteiger partial charge in [-0.25, -0.2) is 4.79 Å². The molecule has 0 N–H and O–H groups in total. The van der Waals surface area contributed by atoms with E-state index in [1.165, 1.54) is 6.26 Å². The van der Waals surface area contributed by atoms with Crippen LogP contribution in [0.5, 0.6) is 5.75 Å². The average Bonchev–Trinajstić information content (AvgIpc) is 2.33. The van der Waals surface area contributed by atoms with Gasteiger partial charge < -0.3 is 9.47 Å². The Morgan fingerprint density at radius 1 is 1.38 bits per heavy atom. The molecular weight excluding hydrogens is 228 g/mol. The van der Waals surface area contributed by atoms with Crippen molar-refractivity contribution in [3.05, 3.63) is 41.1 Å². The van der Waals surface area contributed by atoms with Crippen molar-refractivity contribution in [1.29, 1.82) is 0 Å². The number of rotatable bonds is 2. The van der Waals surface area contributed by atoms with Gasteiger partial charge in [0.15, 0.2) is 0 Å². The zero-order chi connectivity index (χ0) is 11.4. The van der Waals surface area contributed by atoms with Gasteiger partial charge in [0.05, 0.1) is 23.5 Å². The molecule has 0 fully saturated rings. The molecule has 0 spiro atoms. The summed E-state index contributed by atoms with van der Waals surface area (Å²) in [5.74, 6) is -0.0200. The second kappa shape index (κ2) is 5.03. The van der Waals surface area contributed by atoms with Gasteiger partial charge in [0, 0.05) is 0 Å². The minimum absolute atomic E-state index is 0.376. The van der Waals surface area contributed by atoms with Crippen LogP contribution < -0.4 is 4.74 Å². The number of carbonyl (C=O) groups is 1. The smallest absolute Gasteiger partial charge is 0.342 e. The Balaban J connectivity index is 2.07. The molecule has 1 aromatic carbocycles. The first-order chi connectivity index (χ1) is 7.77. The summed E-state index contributed by atoms with van der Waals surface area (Å²) in [7, 11) is 0. The van der Waals surface area contributed by atoms with Gasteiger partial charge in [-0.2, -0.15) is 0 Å². The second-order valence-corrected chi connectivity index (χ2v) is 3.84. The Bertz CT molecular complexity index is 426. The zero-order valence-corrected chi connectivity index (χ0v) is 9.37.